The molecule has 0 unspecified atom stereocenters. The van der Waals surface area contributed by atoms with Gasteiger partial charge < -0.3 is 20.8 Å². The number of aromatic hydroxyl groups is 1. The summed E-state index contributed by atoms with van der Waals surface area (Å²) in [5.74, 6) is 2.18. The van der Waals surface area contributed by atoms with Crippen LogP contribution in [0.15, 0.2) is 63.4 Å². The first-order valence-corrected chi connectivity index (χ1v) is 9.71. The Labute approximate surface area is 180 Å². The number of phenolic OH excluding ortho intramolecular Hbond substituents is 1. The average molecular weight is 439 g/mol. The number of likely N-dealkylation sites (tertiary alicyclic amines) is 1. The average Bonchev–Trinajstić information content (AvgIpc) is 3.14. The number of amides is 1. The smallest absolute Gasteiger partial charge is 0.267 e. The first-order chi connectivity index (χ1) is 15.3. The number of hydrazone groups is 1. The van der Waals surface area contributed by atoms with Crippen LogP contribution in [0.1, 0.15) is 22.3 Å². The maximum absolute atomic E-state index is 13.3. The number of aromatic amines is 1. The standard InChI is InChI=1S/C22H19F2N5O3/c23-22(24)7-8-29(12-22)21(32)13-1-3-15(4-2-13)26-11-19(28-25)17-10-14-9-16(30)5-6-18(14)27-20(17)31/h1-6,9-11,30H,7-8,12,25H2,(H,27,31). The Morgan fingerprint density at radius 1 is 1.19 bits per heavy atom. The van der Waals surface area contributed by atoms with Crippen LogP contribution in [-0.2, 0) is 0 Å². The Bertz CT molecular complexity index is 1300. The van der Waals surface area contributed by atoms with Crippen molar-refractivity contribution >= 4 is 34.4 Å². The van der Waals surface area contributed by atoms with Gasteiger partial charge >= 0.3 is 0 Å². The number of carbonyl (C=O) groups is 1. The lowest BCUT2D eigenvalue weighted by atomic mass is 10.1. The zero-order chi connectivity index (χ0) is 22.9. The predicted octanol–water partition coefficient (Wildman–Crippen LogP) is 2.78. The third-order valence-corrected chi connectivity index (χ3v) is 5.15. The van der Waals surface area contributed by atoms with Gasteiger partial charge in [-0.05, 0) is 48.5 Å². The number of fused-ring (bicyclic) bond motifs is 1. The maximum atomic E-state index is 13.3. The Balaban J connectivity index is 1.53. The van der Waals surface area contributed by atoms with E-state index in [-0.39, 0.29) is 35.6 Å². The molecule has 2 heterocycles. The van der Waals surface area contributed by atoms with Gasteiger partial charge in [-0.15, -0.1) is 0 Å². The van der Waals surface area contributed by atoms with E-state index < -0.39 is 23.9 Å². The summed E-state index contributed by atoms with van der Waals surface area (Å²) in [6, 6.07) is 12.2. The minimum atomic E-state index is -2.85. The fourth-order valence-corrected chi connectivity index (χ4v) is 3.47. The Morgan fingerprint density at radius 3 is 2.59 bits per heavy atom. The van der Waals surface area contributed by atoms with Gasteiger partial charge in [-0.3, -0.25) is 14.6 Å². The predicted molar refractivity (Wildman–Crippen MR) is 117 cm³/mol. The SMILES string of the molecule is NN=C(C=Nc1ccc(C(=O)N2CCC(F)(F)C2)cc1)c1cc2cc(O)ccc2[nH]c1=O. The molecule has 3 aromatic rings. The van der Waals surface area contributed by atoms with Gasteiger partial charge in [0.2, 0.25) is 0 Å². The zero-order valence-corrected chi connectivity index (χ0v) is 16.8. The van der Waals surface area contributed by atoms with Crippen LogP contribution in [0, 0.1) is 0 Å². The molecule has 0 radical (unpaired) electrons. The van der Waals surface area contributed by atoms with Crippen LogP contribution in [0.2, 0.25) is 0 Å². The molecule has 0 aliphatic carbocycles. The van der Waals surface area contributed by atoms with Crippen LogP contribution in [0.5, 0.6) is 5.75 Å². The summed E-state index contributed by atoms with van der Waals surface area (Å²) in [7, 11) is 0. The molecule has 1 saturated heterocycles. The highest BCUT2D eigenvalue weighted by atomic mass is 19.3. The monoisotopic (exact) mass is 439 g/mol. The summed E-state index contributed by atoms with van der Waals surface area (Å²) in [4.78, 5) is 32.8. The van der Waals surface area contributed by atoms with E-state index in [0.717, 1.165) is 4.90 Å². The van der Waals surface area contributed by atoms with Gasteiger partial charge in [-0.25, -0.2) is 8.78 Å². The highest BCUT2D eigenvalue weighted by molar-refractivity contribution is 6.38. The molecule has 0 spiro atoms. The number of rotatable bonds is 4. The highest BCUT2D eigenvalue weighted by Crippen LogP contribution is 2.28. The summed E-state index contributed by atoms with van der Waals surface area (Å²) < 4.78 is 26.7. The van der Waals surface area contributed by atoms with Crippen molar-refractivity contribution < 1.29 is 18.7 Å². The van der Waals surface area contributed by atoms with E-state index in [2.05, 4.69) is 15.1 Å². The third-order valence-electron chi connectivity index (χ3n) is 5.15. The number of phenols is 1. The lowest BCUT2D eigenvalue weighted by molar-refractivity contribution is 0.0120. The molecular formula is C22H19F2N5O3. The van der Waals surface area contributed by atoms with Crippen molar-refractivity contribution in [2.75, 3.05) is 13.1 Å². The number of H-pyrrole nitrogens is 1. The second-order valence-electron chi connectivity index (χ2n) is 7.44. The number of benzene rings is 2. The van der Waals surface area contributed by atoms with Crippen molar-refractivity contribution in [1.29, 1.82) is 0 Å². The van der Waals surface area contributed by atoms with E-state index in [1.54, 1.807) is 24.3 Å². The summed E-state index contributed by atoms with van der Waals surface area (Å²) in [6.45, 7) is -0.569. The molecule has 4 rings (SSSR count). The molecule has 4 N–H and O–H groups in total. The molecule has 10 heteroatoms. The molecule has 32 heavy (non-hydrogen) atoms. The summed E-state index contributed by atoms with van der Waals surface area (Å²) in [5.41, 5.74) is 1.11. The number of pyridine rings is 1. The van der Waals surface area contributed by atoms with Gasteiger partial charge in [0.1, 0.15) is 11.5 Å². The van der Waals surface area contributed by atoms with E-state index in [1.807, 2.05) is 0 Å². The number of aromatic nitrogens is 1. The molecule has 0 bridgehead atoms. The normalized spacial score (nSPS) is 16.2. The van der Waals surface area contributed by atoms with Gasteiger partial charge in [-0.1, -0.05) is 0 Å². The van der Waals surface area contributed by atoms with E-state index in [9.17, 15) is 23.5 Å². The van der Waals surface area contributed by atoms with Crippen molar-refractivity contribution in [3.05, 3.63) is 70.0 Å². The van der Waals surface area contributed by atoms with E-state index >= 15 is 0 Å². The van der Waals surface area contributed by atoms with Crippen LogP contribution in [0.25, 0.3) is 10.9 Å². The Hall–Kier alpha value is -4.08. The van der Waals surface area contributed by atoms with Gasteiger partial charge in [0, 0.05) is 29.4 Å². The molecule has 164 valence electrons. The highest BCUT2D eigenvalue weighted by Gasteiger charge is 2.40. The number of halogens is 2. The lowest BCUT2D eigenvalue weighted by Gasteiger charge is -2.16. The minimum absolute atomic E-state index is 0.0140. The number of carbonyl (C=O) groups excluding carboxylic acids is 1. The number of alkyl halides is 2. The van der Waals surface area contributed by atoms with E-state index in [4.69, 9.17) is 5.84 Å². The van der Waals surface area contributed by atoms with E-state index in [1.165, 1.54) is 30.5 Å². The molecule has 1 aromatic heterocycles. The second-order valence-corrected chi connectivity index (χ2v) is 7.44. The number of aliphatic imine (C=N–C) groups is 1. The molecule has 1 fully saturated rings. The summed E-state index contributed by atoms with van der Waals surface area (Å²) >= 11 is 0. The molecule has 1 amide bonds. The van der Waals surface area contributed by atoms with Crippen LogP contribution in [0.4, 0.5) is 14.5 Å². The summed E-state index contributed by atoms with van der Waals surface area (Å²) in [6.07, 6.45) is 0.965. The molecule has 1 aliphatic rings. The van der Waals surface area contributed by atoms with Crippen molar-refractivity contribution in [1.82, 2.24) is 9.88 Å². The van der Waals surface area contributed by atoms with Gasteiger partial charge in [0.15, 0.2) is 0 Å². The third kappa shape index (κ3) is 4.34. The number of hydrogen-bond acceptors (Lipinski definition) is 6. The molecule has 0 atom stereocenters. The molecule has 8 nitrogen and oxygen atoms in total. The van der Waals surface area contributed by atoms with Gasteiger partial charge in [0.05, 0.1) is 24.0 Å². The van der Waals surface area contributed by atoms with Gasteiger partial charge in [0.25, 0.3) is 17.4 Å². The fourth-order valence-electron chi connectivity index (χ4n) is 3.47. The zero-order valence-electron chi connectivity index (χ0n) is 16.8. The largest absolute Gasteiger partial charge is 0.508 e. The molecule has 0 saturated carbocycles. The van der Waals surface area contributed by atoms with Crippen molar-refractivity contribution in [2.24, 2.45) is 15.9 Å². The van der Waals surface area contributed by atoms with Crippen molar-refractivity contribution in [3.63, 3.8) is 0 Å². The van der Waals surface area contributed by atoms with E-state index in [0.29, 0.717) is 16.6 Å². The molecule has 1 aliphatic heterocycles. The topological polar surface area (TPSA) is 124 Å². The number of nitrogens with one attached hydrogen (secondary N) is 1. The number of nitrogens with two attached hydrogens (primary N) is 1. The van der Waals surface area contributed by atoms with Crippen molar-refractivity contribution in [2.45, 2.75) is 12.3 Å². The van der Waals surface area contributed by atoms with Crippen LogP contribution in [0.3, 0.4) is 0 Å². The molecule has 2 aromatic carbocycles. The number of nitrogens with zero attached hydrogens (tertiary/aromatic N) is 3. The van der Waals surface area contributed by atoms with Crippen LogP contribution >= 0.6 is 0 Å². The minimum Gasteiger partial charge on any atom is -0.508 e. The summed E-state index contributed by atoms with van der Waals surface area (Å²) in [5, 5.41) is 13.9. The second kappa shape index (κ2) is 8.22. The quantitative estimate of drug-likeness (QED) is 0.328. The van der Waals surface area contributed by atoms with Crippen molar-refractivity contribution in [3.8, 4) is 5.75 Å². The first kappa shape index (κ1) is 21.2. The maximum Gasteiger partial charge on any atom is 0.267 e. The Kier molecular flexibility index (Phi) is 5.43. The van der Waals surface area contributed by atoms with Crippen LogP contribution < -0.4 is 11.4 Å². The number of hydrogen-bond donors (Lipinski definition) is 3. The molecular weight excluding hydrogens is 420 g/mol. The Morgan fingerprint density at radius 2 is 1.94 bits per heavy atom. The van der Waals surface area contributed by atoms with Crippen LogP contribution in [-0.4, -0.2) is 51.8 Å². The lowest BCUT2D eigenvalue weighted by Crippen LogP contribution is -2.31. The van der Waals surface area contributed by atoms with Gasteiger partial charge in [-0.2, -0.15) is 5.10 Å². The first-order valence-electron chi connectivity index (χ1n) is 9.71. The fraction of sp³-hybridized carbons (Fsp3) is 0.182.